The molecule has 20 heavy (non-hydrogen) atoms. The fourth-order valence-corrected chi connectivity index (χ4v) is 3.21. The van der Waals surface area contributed by atoms with Crippen molar-refractivity contribution in [3.63, 3.8) is 0 Å². The number of hydrogen-bond donors (Lipinski definition) is 2. The summed E-state index contributed by atoms with van der Waals surface area (Å²) >= 11 is 0. The first-order chi connectivity index (χ1) is 8.90. The van der Waals surface area contributed by atoms with Gasteiger partial charge in [0.1, 0.15) is 0 Å². The van der Waals surface area contributed by atoms with Gasteiger partial charge >= 0.3 is 0 Å². The van der Waals surface area contributed by atoms with E-state index in [1.807, 2.05) is 14.0 Å². The minimum Gasteiger partial charge on any atom is -0.354 e. The van der Waals surface area contributed by atoms with Crippen LogP contribution in [-0.4, -0.2) is 57.1 Å². The lowest BCUT2D eigenvalue weighted by Crippen LogP contribution is -2.45. The van der Waals surface area contributed by atoms with Gasteiger partial charge in [-0.15, -0.1) is 12.4 Å². The van der Waals surface area contributed by atoms with Gasteiger partial charge in [-0.25, -0.2) is 12.7 Å². The molecule has 0 radical (unpaired) electrons. The Morgan fingerprint density at radius 3 is 2.35 bits per heavy atom. The first kappa shape index (κ1) is 19.6. The predicted octanol–water partition coefficient (Wildman–Crippen LogP) is 0.194. The molecule has 1 aliphatic rings. The maximum atomic E-state index is 11.9. The van der Waals surface area contributed by atoms with Gasteiger partial charge in [0.25, 0.3) is 0 Å². The number of nitrogens with one attached hydrogen (secondary N) is 2. The Morgan fingerprint density at radius 2 is 1.90 bits per heavy atom. The van der Waals surface area contributed by atoms with Crippen LogP contribution in [0.25, 0.3) is 0 Å². The zero-order valence-corrected chi connectivity index (χ0v) is 14.0. The van der Waals surface area contributed by atoms with E-state index in [0.29, 0.717) is 32.5 Å². The number of carbonyl (C=O) groups excluding carboxylic acids is 1. The van der Waals surface area contributed by atoms with Crippen molar-refractivity contribution < 1.29 is 13.2 Å². The number of nitrogens with zero attached hydrogens (tertiary/aromatic N) is 1. The van der Waals surface area contributed by atoms with Gasteiger partial charge in [0.2, 0.25) is 15.9 Å². The summed E-state index contributed by atoms with van der Waals surface area (Å²) in [5.74, 6) is 0.104. The number of sulfonamides is 1. The molecule has 0 aromatic carbocycles. The molecule has 1 unspecified atom stereocenters. The van der Waals surface area contributed by atoms with Crippen molar-refractivity contribution in [3.05, 3.63) is 0 Å². The Bertz CT molecular complexity index is 395. The average molecular weight is 328 g/mol. The number of halogens is 1. The molecule has 0 spiro atoms. The highest BCUT2D eigenvalue weighted by Crippen LogP contribution is 2.19. The molecule has 1 rings (SSSR count). The minimum absolute atomic E-state index is 0. The van der Waals surface area contributed by atoms with Gasteiger partial charge in [-0.1, -0.05) is 0 Å². The van der Waals surface area contributed by atoms with Gasteiger partial charge in [0.05, 0.1) is 5.75 Å². The Labute approximate surface area is 128 Å². The van der Waals surface area contributed by atoms with E-state index in [1.165, 1.54) is 4.31 Å². The van der Waals surface area contributed by atoms with Crippen LogP contribution in [0.2, 0.25) is 0 Å². The highest BCUT2D eigenvalue weighted by molar-refractivity contribution is 7.89. The Kier molecular flexibility index (Phi) is 8.65. The second-order valence-corrected chi connectivity index (χ2v) is 7.27. The minimum atomic E-state index is -3.11. The quantitative estimate of drug-likeness (QED) is 0.730. The molecule has 1 fully saturated rings. The normalized spacial score (nSPS) is 19.1. The largest absolute Gasteiger partial charge is 0.354 e. The molecule has 0 aromatic heterocycles. The van der Waals surface area contributed by atoms with Crippen molar-refractivity contribution in [2.75, 3.05) is 32.4 Å². The summed E-state index contributed by atoms with van der Waals surface area (Å²) in [5.41, 5.74) is 0. The number of likely N-dealkylation sites (N-methyl/N-ethyl adjacent to an activating group) is 1. The van der Waals surface area contributed by atoms with Gasteiger partial charge < -0.3 is 10.6 Å². The van der Waals surface area contributed by atoms with E-state index in [1.54, 1.807) is 6.92 Å². The van der Waals surface area contributed by atoms with Crippen LogP contribution in [0.1, 0.15) is 26.7 Å². The molecule has 1 amide bonds. The molecule has 0 bridgehead atoms. The summed E-state index contributed by atoms with van der Waals surface area (Å²) in [5, 5.41) is 5.96. The molecular weight excluding hydrogens is 302 g/mol. The van der Waals surface area contributed by atoms with Crippen LogP contribution >= 0.6 is 12.4 Å². The maximum absolute atomic E-state index is 11.9. The smallest absolute Gasteiger partial charge is 0.223 e. The Balaban J connectivity index is 0.00000361. The lowest BCUT2D eigenvalue weighted by atomic mass is 9.97. The van der Waals surface area contributed by atoms with E-state index in [0.717, 1.165) is 0 Å². The molecule has 2 N–H and O–H groups in total. The lowest BCUT2D eigenvalue weighted by Gasteiger charge is -2.30. The highest BCUT2D eigenvalue weighted by atomic mass is 35.5. The van der Waals surface area contributed by atoms with Crippen molar-refractivity contribution in [1.82, 2.24) is 14.9 Å². The van der Waals surface area contributed by atoms with E-state index < -0.39 is 10.0 Å². The SMILES string of the molecule is CCS(=O)(=O)N1CCC(C(=O)NCC(C)NC)CC1.Cl. The second-order valence-electron chi connectivity index (χ2n) is 5.01. The van der Waals surface area contributed by atoms with E-state index in [9.17, 15) is 13.2 Å². The summed E-state index contributed by atoms with van der Waals surface area (Å²) in [7, 11) is -1.26. The fourth-order valence-electron chi connectivity index (χ4n) is 2.08. The van der Waals surface area contributed by atoms with E-state index >= 15 is 0 Å². The van der Waals surface area contributed by atoms with Crippen molar-refractivity contribution >= 4 is 28.3 Å². The fraction of sp³-hybridized carbons (Fsp3) is 0.917. The number of piperidine rings is 1. The summed E-state index contributed by atoms with van der Waals surface area (Å²) in [4.78, 5) is 11.9. The number of amides is 1. The van der Waals surface area contributed by atoms with Gasteiger partial charge in [-0.05, 0) is 33.7 Å². The van der Waals surface area contributed by atoms with Crippen LogP contribution < -0.4 is 10.6 Å². The second kappa shape index (κ2) is 8.81. The maximum Gasteiger partial charge on any atom is 0.223 e. The topological polar surface area (TPSA) is 78.5 Å². The van der Waals surface area contributed by atoms with Crippen LogP contribution in [0.15, 0.2) is 0 Å². The molecular formula is C12H26ClN3O3S. The molecule has 1 saturated heterocycles. The van der Waals surface area contributed by atoms with E-state index in [4.69, 9.17) is 0 Å². The number of carbonyl (C=O) groups is 1. The molecule has 120 valence electrons. The molecule has 6 nitrogen and oxygen atoms in total. The van der Waals surface area contributed by atoms with Gasteiger partial charge in [0, 0.05) is 31.6 Å². The molecule has 1 atom stereocenters. The van der Waals surface area contributed by atoms with E-state index in [-0.39, 0.29) is 36.0 Å². The number of rotatable bonds is 6. The molecule has 0 aromatic rings. The van der Waals surface area contributed by atoms with Crippen LogP contribution in [0.3, 0.4) is 0 Å². The van der Waals surface area contributed by atoms with Crippen molar-refractivity contribution in [2.45, 2.75) is 32.7 Å². The first-order valence-corrected chi connectivity index (χ1v) is 8.44. The molecule has 0 aliphatic carbocycles. The summed E-state index contributed by atoms with van der Waals surface area (Å²) in [6, 6.07) is 0.240. The third-order valence-corrected chi connectivity index (χ3v) is 5.54. The summed E-state index contributed by atoms with van der Waals surface area (Å²) < 4.78 is 24.9. The first-order valence-electron chi connectivity index (χ1n) is 6.83. The summed E-state index contributed by atoms with van der Waals surface area (Å²) in [6.45, 7) is 5.15. The predicted molar refractivity (Wildman–Crippen MR) is 82.5 cm³/mol. The van der Waals surface area contributed by atoms with Crippen LogP contribution in [0.4, 0.5) is 0 Å². The van der Waals surface area contributed by atoms with Crippen molar-refractivity contribution in [3.8, 4) is 0 Å². The molecule has 1 heterocycles. The third-order valence-electron chi connectivity index (χ3n) is 3.66. The van der Waals surface area contributed by atoms with Gasteiger partial charge in [0.15, 0.2) is 0 Å². The highest BCUT2D eigenvalue weighted by Gasteiger charge is 2.29. The summed E-state index contributed by atoms with van der Waals surface area (Å²) in [6.07, 6.45) is 1.22. The Hall–Kier alpha value is -0.370. The van der Waals surface area contributed by atoms with Crippen molar-refractivity contribution in [2.24, 2.45) is 5.92 Å². The zero-order valence-electron chi connectivity index (χ0n) is 12.4. The standard InChI is InChI=1S/C12H25N3O3S.ClH/c1-4-19(17,18)15-7-5-11(6-8-15)12(16)14-9-10(2)13-3;/h10-11,13H,4-9H2,1-3H3,(H,14,16);1H. The van der Waals surface area contributed by atoms with Crippen LogP contribution in [0.5, 0.6) is 0 Å². The molecule has 1 aliphatic heterocycles. The van der Waals surface area contributed by atoms with Crippen LogP contribution in [-0.2, 0) is 14.8 Å². The molecule has 8 heteroatoms. The van der Waals surface area contributed by atoms with E-state index in [2.05, 4.69) is 10.6 Å². The van der Waals surface area contributed by atoms with Gasteiger partial charge in [-0.2, -0.15) is 0 Å². The molecule has 0 saturated carbocycles. The average Bonchev–Trinajstić information content (AvgIpc) is 2.44. The monoisotopic (exact) mass is 327 g/mol. The number of hydrogen-bond acceptors (Lipinski definition) is 4. The Morgan fingerprint density at radius 1 is 1.35 bits per heavy atom. The van der Waals surface area contributed by atoms with Crippen molar-refractivity contribution in [1.29, 1.82) is 0 Å². The van der Waals surface area contributed by atoms with Crippen LogP contribution in [0, 0.1) is 5.92 Å². The zero-order chi connectivity index (χ0) is 14.5. The van der Waals surface area contributed by atoms with Gasteiger partial charge in [-0.3, -0.25) is 4.79 Å². The third kappa shape index (κ3) is 5.55. The lowest BCUT2D eigenvalue weighted by molar-refractivity contribution is -0.126.